The summed E-state index contributed by atoms with van der Waals surface area (Å²) in [7, 11) is -1.73. The molecule has 5 unspecified atom stereocenters. The van der Waals surface area contributed by atoms with E-state index in [2.05, 4.69) is 20.5 Å². The van der Waals surface area contributed by atoms with E-state index in [1.807, 2.05) is 7.05 Å². The van der Waals surface area contributed by atoms with Gasteiger partial charge in [-0.3, -0.25) is 20.4 Å². The molecule has 3 rings (SSSR count). The first-order chi connectivity index (χ1) is 13.2. The third-order valence-electron chi connectivity index (χ3n) is 6.21. The highest BCUT2D eigenvalue weighted by Gasteiger charge is 2.44. The summed E-state index contributed by atoms with van der Waals surface area (Å²) in [5, 5.41) is 2.00. The molecular weight excluding hydrogens is 430 g/mol. The lowest BCUT2D eigenvalue weighted by Gasteiger charge is -2.37. The van der Waals surface area contributed by atoms with Gasteiger partial charge in [-0.2, -0.15) is 0 Å². The van der Waals surface area contributed by atoms with Gasteiger partial charge >= 0.3 is 0 Å². The van der Waals surface area contributed by atoms with Crippen molar-refractivity contribution in [1.29, 1.82) is 0 Å². The van der Waals surface area contributed by atoms with Gasteiger partial charge in [0.25, 0.3) is 0 Å². The van der Waals surface area contributed by atoms with E-state index in [0.717, 1.165) is 13.2 Å². The zero-order chi connectivity index (χ0) is 20.5. The fourth-order valence-corrected chi connectivity index (χ4v) is 6.45. The van der Waals surface area contributed by atoms with Crippen LogP contribution in [0.25, 0.3) is 0 Å². The highest BCUT2D eigenvalue weighted by Crippen LogP contribution is 2.37. The van der Waals surface area contributed by atoms with E-state index in [1.165, 1.54) is 0 Å². The summed E-state index contributed by atoms with van der Waals surface area (Å²) < 4.78 is 39.5. The maximum absolute atomic E-state index is 14.6. The average Bonchev–Trinajstić information content (AvgIpc) is 3.08. The van der Waals surface area contributed by atoms with Crippen LogP contribution >= 0.6 is 23.2 Å². The molecule has 3 fully saturated rings. The number of alkyl halides is 3. The standard InChI is InChI=1S/C17H29Cl2FN4O3S/c1-24-8-15(21-9-24)10-6-13(16(20)14(19)7-10)17(25)22-23-28(26,27)12-4-2-11(18)3-5-12/h10-16,21,23H,2-9H2,1H3,(H,22,25). The Morgan fingerprint density at radius 3 is 2.46 bits per heavy atom. The maximum Gasteiger partial charge on any atom is 0.241 e. The van der Waals surface area contributed by atoms with Gasteiger partial charge < -0.3 is 0 Å². The minimum Gasteiger partial charge on any atom is -0.300 e. The van der Waals surface area contributed by atoms with Crippen molar-refractivity contribution >= 4 is 39.1 Å². The van der Waals surface area contributed by atoms with Crippen LogP contribution in [-0.4, -0.2) is 67.7 Å². The van der Waals surface area contributed by atoms with Crippen LogP contribution in [0.4, 0.5) is 4.39 Å². The van der Waals surface area contributed by atoms with Gasteiger partial charge in [-0.1, -0.05) is 0 Å². The molecule has 0 radical (unpaired) electrons. The summed E-state index contributed by atoms with van der Waals surface area (Å²) >= 11 is 12.2. The number of nitrogens with one attached hydrogen (secondary N) is 3. The molecule has 0 aromatic carbocycles. The predicted octanol–water partition coefficient (Wildman–Crippen LogP) is 1.32. The molecular formula is C17H29Cl2FN4O3S. The molecule has 0 aromatic rings. The Bertz CT molecular complexity index is 663. The fraction of sp³-hybridized carbons (Fsp3) is 0.941. The number of rotatable bonds is 5. The number of nitrogens with zero attached hydrogens (tertiary/aromatic N) is 1. The second-order valence-corrected chi connectivity index (χ2v) is 11.5. The largest absolute Gasteiger partial charge is 0.300 e. The Kier molecular flexibility index (Phi) is 7.48. The number of hydrazine groups is 1. The summed E-state index contributed by atoms with van der Waals surface area (Å²) in [6, 6.07) is 0.150. The van der Waals surface area contributed by atoms with E-state index in [0.29, 0.717) is 38.5 Å². The van der Waals surface area contributed by atoms with E-state index in [9.17, 15) is 17.6 Å². The average molecular weight is 459 g/mol. The Hall–Kier alpha value is -0.190. The number of hydrogen-bond donors (Lipinski definition) is 3. The molecule has 28 heavy (non-hydrogen) atoms. The summed E-state index contributed by atoms with van der Waals surface area (Å²) in [4.78, 5) is 16.9. The van der Waals surface area contributed by atoms with Crippen molar-refractivity contribution in [2.24, 2.45) is 11.8 Å². The maximum atomic E-state index is 14.6. The number of carbonyl (C=O) groups excluding carboxylic acids is 1. The van der Waals surface area contributed by atoms with Gasteiger partial charge in [0.2, 0.25) is 15.9 Å². The monoisotopic (exact) mass is 458 g/mol. The normalized spacial score (nSPS) is 40.4. The Balaban J connectivity index is 1.57. The van der Waals surface area contributed by atoms with Gasteiger partial charge in [0, 0.05) is 24.6 Å². The minimum atomic E-state index is -3.72. The molecule has 1 heterocycles. The molecule has 0 aromatic heterocycles. The first kappa shape index (κ1) is 22.5. The van der Waals surface area contributed by atoms with Crippen molar-refractivity contribution < 1.29 is 17.6 Å². The quantitative estimate of drug-likeness (QED) is 0.426. The van der Waals surface area contributed by atoms with Crippen LogP contribution in [0.1, 0.15) is 38.5 Å². The Morgan fingerprint density at radius 2 is 1.86 bits per heavy atom. The Labute approximate surface area is 176 Å². The second-order valence-electron chi connectivity index (χ2n) is 8.32. The predicted molar refractivity (Wildman–Crippen MR) is 107 cm³/mol. The lowest BCUT2D eigenvalue weighted by molar-refractivity contribution is -0.129. The third-order valence-corrected chi connectivity index (χ3v) is 8.80. The van der Waals surface area contributed by atoms with Crippen LogP contribution in [0.15, 0.2) is 0 Å². The van der Waals surface area contributed by atoms with Crippen LogP contribution in [-0.2, 0) is 14.8 Å². The minimum absolute atomic E-state index is 0.00333. The van der Waals surface area contributed by atoms with Crippen molar-refractivity contribution in [3.63, 3.8) is 0 Å². The highest BCUT2D eigenvalue weighted by atomic mass is 35.5. The van der Waals surface area contributed by atoms with Crippen LogP contribution in [0, 0.1) is 11.8 Å². The molecule has 5 atom stereocenters. The van der Waals surface area contributed by atoms with E-state index in [4.69, 9.17) is 23.2 Å². The van der Waals surface area contributed by atoms with Gasteiger partial charge in [0.05, 0.1) is 16.5 Å². The molecule has 3 N–H and O–H groups in total. The van der Waals surface area contributed by atoms with E-state index >= 15 is 0 Å². The van der Waals surface area contributed by atoms with Gasteiger partial charge in [-0.25, -0.2) is 12.8 Å². The van der Waals surface area contributed by atoms with Crippen molar-refractivity contribution in [1.82, 2.24) is 20.5 Å². The first-order valence-corrected chi connectivity index (χ1v) is 12.2. The highest BCUT2D eigenvalue weighted by molar-refractivity contribution is 7.90. The lowest BCUT2D eigenvalue weighted by atomic mass is 9.76. The molecule has 0 bridgehead atoms. The molecule has 7 nitrogen and oxygen atoms in total. The number of halogens is 3. The van der Waals surface area contributed by atoms with Crippen LogP contribution < -0.4 is 15.6 Å². The topological polar surface area (TPSA) is 90.5 Å². The summed E-state index contributed by atoms with van der Waals surface area (Å²) in [6.45, 7) is 1.56. The van der Waals surface area contributed by atoms with Crippen LogP contribution in [0.5, 0.6) is 0 Å². The molecule has 1 saturated heterocycles. The van der Waals surface area contributed by atoms with Gasteiger partial charge in [-0.15, -0.1) is 28.0 Å². The molecule has 162 valence electrons. The van der Waals surface area contributed by atoms with E-state index in [1.54, 1.807) is 0 Å². The summed E-state index contributed by atoms with van der Waals surface area (Å²) in [6.07, 6.45) is 1.45. The smallest absolute Gasteiger partial charge is 0.241 e. The molecule has 0 spiro atoms. The molecule has 2 aliphatic carbocycles. The van der Waals surface area contributed by atoms with Crippen molar-refractivity contribution in [3.05, 3.63) is 0 Å². The lowest BCUT2D eigenvalue weighted by Crippen LogP contribution is -2.53. The summed E-state index contributed by atoms with van der Waals surface area (Å²) in [5.41, 5.74) is 2.23. The van der Waals surface area contributed by atoms with Crippen molar-refractivity contribution in [2.75, 3.05) is 20.3 Å². The summed E-state index contributed by atoms with van der Waals surface area (Å²) in [5.74, 6) is -1.58. The van der Waals surface area contributed by atoms with Gasteiger partial charge in [0.1, 0.15) is 6.17 Å². The van der Waals surface area contributed by atoms with E-state index < -0.39 is 38.6 Å². The van der Waals surface area contributed by atoms with Gasteiger partial charge in [-0.05, 0) is 51.5 Å². The zero-order valence-electron chi connectivity index (χ0n) is 15.9. The van der Waals surface area contributed by atoms with Gasteiger partial charge in [0.15, 0.2) is 0 Å². The number of likely N-dealkylation sites (N-methyl/N-ethyl adjacent to an activating group) is 1. The second kappa shape index (κ2) is 9.31. The Morgan fingerprint density at radius 1 is 1.18 bits per heavy atom. The first-order valence-electron chi connectivity index (χ1n) is 9.82. The van der Waals surface area contributed by atoms with Crippen molar-refractivity contribution in [2.45, 2.75) is 66.7 Å². The van der Waals surface area contributed by atoms with Crippen LogP contribution in [0.2, 0.25) is 0 Å². The number of amides is 1. The number of carbonyl (C=O) groups is 1. The number of hydrogen-bond acceptors (Lipinski definition) is 5. The van der Waals surface area contributed by atoms with Crippen molar-refractivity contribution in [3.8, 4) is 0 Å². The molecule has 1 amide bonds. The van der Waals surface area contributed by atoms with Crippen LogP contribution in [0.3, 0.4) is 0 Å². The molecule has 11 heteroatoms. The zero-order valence-corrected chi connectivity index (χ0v) is 18.2. The fourth-order valence-electron chi connectivity index (χ4n) is 4.49. The van der Waals surface area contributed by atoms with E-state index in [-0.39, 0.29) is 17.3 Å². The number of sulfonamides is 1. The molecule has 3 aliphatic rings. The SMILES string of the molecule is CN1CNC(C2CC(Cl)C(F)C(C(=O)NNS(=O)(=O)C3CCC(Cl)CC3)C2)C1. The molecule has 1 aliphatic heterocycles. The third kappa shape index (κ3) is 5.29. The molecule has 2 saturated carbocycles.